The fourth-order valence-electron chi connectivity index (χ4n) is 8.23. The largest absolute Gasteiger partial charge is 0.494 e. The fraction of sp³-hybridized carbons (Fsp3) is 0.733. The van der Waals surface area contributed by atoms with Gasteiger partial charge in [0.05, 0.1) is 16.6 Å². The van der Waals surface area contributed by atoms with Crippen LogP contribution in [0.15, 0.2) is 18.2 Å². The lowest BCUT2D eigenvalue weighted by atomic mass is 9.71. The van der Waals surface area contributed by atoms with E-state index < -0.39 is 23.7 Å². The molecule has 2 bridgehead atoms. The number of hydrogen-bond donors (Lipinski definition) is 0. The molecule has 38 heavy (non-hydrogen) atoms. The van der Waals surface area contributed by atoms with Crippen molar-refractivity contribution in [2.75, 3.05) is 24.5 Å². The number of piperidine rings is 2. The molecule has 2 amide bonds. The second-order valence-corrected chi connectivity index (χ2v) is 13.9. The Balaban J connectivity index is 1.19. The van der Waals surface area contributed by atoms with Crippen molar-refractivity contribution < 1.29 is 18.9 Å². The molecule has 1 aromatic rings. The van der Waals surface area contributed by atoms with Gasteiger partial charge in [0.15, 0.2) is 0 Å². The van der Waals surface area contributed by atoms with Gasteiger partial charge in [-0.2, -0.15) is 0 Å². The van der Waals surface area contributed by atoms with Crippen LogP contribution in [0.5, 0.6) is 0 Å². The van der Waals surface area contributed by atoms with E-state index in [1.54, 1.807) is 6.92 Å². The summed E-state index contributed by atoms with van der Waals surface area (Å²) < 4.78 is 12.8. The van der Waals surface area contributed by atoms with E-state index in [1.165, 1.54) is 25.8 Å². The Hall–Kier alpha value is -1.90. The summed E-state index contributed by atoms with van der Waals surface area (Å²) in [6, 6.07) is 8.04. The van der Waals surface area contributed by atoms with Crippen LogP contribution in [0, 0.1) is 5.92 Å². The molecule has 6 aliphatic rings. The van der Waals surface area contributed by atoms with Crippen molar-refractivity contribution in [3.8, 4) is 0 Å². The molecule has 8 heteroatoms. The van der Waals surface area contributed by atoms with E-state index in [9.17, 15) is 9.59 Å². The van der Waals surface area contributed by atoms with Gasteiger partial charge >= 0.3 is 7.12 Å². The summed E-state index contributed by atoms with van der Waals surface area (Å²) in [7, 11) is -0.451. The quantitative estimate of drug-likeness (QED) is 0.574. The smallest absolute Gasteiger partial charge is 0.399 e. The Morgan fingerprint density at radius 1 is 0.947 bits per heavy atom. The minimum atomic E-state index is -0.534. The first-order chi connectivity index (χ1) is 18.0. The van der Waals surface area contributed by atoms with Gasteiger partial charge in [-0.15, -0.1) is 0 Å². The van der Waals surface area contributed by atoms with Gasteiger partial charge in [-0.3, -0.25) is 14.5 Å². The topological polar surface area (TPSA) is 62.3 Å². The number of anilines is 1. The third-order valence-corrected chi connectivity index (χ3v) is 11.4. The fourth-order valence-corrected chi connectivity index (χ4v) is 8.23. The average Bonchev–Trinajstić information content (AvgIpc) is 3.57. The molecule has 204 valence electrons. The Morgan fingerprint density at radius 2 is 1.63 bits per heavy atom. The Morgan fingerprint density at radius 3 is 2.21 bits per heavy atom. The Labute approximate surface area is 227 Å². The van der Waals surface area contributed by atoms with Gasteiger partial charge < -0.3 is 19.1 Å². The van der Waals surface area contributed by atoms with Crippen molar-refractivity contribution in [2.45, 2.75) is 114 Å². The number of hydrogen-bond acceptors (Lipinski definition) is 5. The van der Waals surface area contributed by atoms with Crippen molar-refractivity contribution >= 4 is 30.1 Å². The molecule has 0 radical (unpaired) electrons. The summed E-state index contributed by atoms with van der Waals surface area (Å²) in [5, 5.41) is 0. The van der Waals surface area contributed by atoms with Crippen LogP contribution in [0.3, 0.4) is 0 Å². The van der Waals surface area contributed by atoms with Crippen molar-refractivity contribution in [3.63, 3.8) is 0 Å². The summed E-state index contributed by atoms with van der Waals surface area (Å²) in [6.07, 6.45) is 7.63. The Kier molecular flexibility index (Phi) is 5.49. The van der Waals surface area contributed by atoms with Gasteiger partial charge in [-0.25, -0.2) is 0 Å². The Bertz CT molecular complexity index is 1150. The lowest BCUT2D eigenvalue weighted by Gasteiger charge is -2.48. The molecule has 5 fully saturated rings. The first-order valence-corrected chi connectivity index (χ1v) is 14.8. The van der Waals surface area contributed by atoms with Crippen LogP contribution in [0.25, 0.3) is 0 Å². The van der Waals surface area contributed by atoms with E-state index >= 15 is 0 Å². The van der Waals surface area contributed by atoms with Gasteiger partial charge in [0.2, 0.25) is 11.8 Å². The maximum Gasteiger partial charge on any atom is 0.494 e. The maximum absolute atomic E-state index is 14.4. The van der Waals surface area contributed by atoms with Crippen LogP contribution in [-0.4, -0.2) is 77.7 Å². The van der Waals surface area contributed by atoms with Crippen LogP contribution in [-0.2, 0) is 24.3 Å². The van der Waals surface area contributed by atoms with Crippen LogP contribution < -0.4 is 10.4 Å². The molecule has 1 spiro atoms. The predicted octanol–water partition coefficient (Wildman–Crippen LogP) is 3.23. The molecule has 7 rings (SSSR count). The molecule has 1 aromatic carbocycles. The minimum Gasteiger partial charge on any atom is -0.399 e. The number of carbonyl (C=O) groups is 2. The van der Waals surface area contributed by atoms with Crippen molar-refractivity contribution in [2.24, 2.45) is 5.92 Å². The lowest BCUT2D eigenvalue weighted by molar-refractivity contribution is -0.134. The zero-order chi connectivity index (χ0) is 26.6. The first-order valence-electron chi connectivity index (χ1n) is 14.8. The maximum atomic E-state index is 14.4. The number of benzene rings is 1. The summed E-state index contributed by atoms with van der Waals surface area (Å²) in [4.78, 5) is 33.3. The van der Waals surface area contributed by atoms with Crippen molar-refractivity contribution in [1.82, 2.24) is 9.80 Å². The van der Waals surface area contributed by atoms with E-state index in [-0.39, 0.29) is 17.9 Å². The number of nitrogens with zero attached hydrogens (tertiary/aromatic N) is 3. The highest BCUT2D eigenvalue weighted by atomic mass is 16.7. The first kappa shape index (κ1) is 25.1. The predicted molar refractivity (Wildman–Crippen MR) is 147 cm³/mol. The zero-order valence-corrected chi connectivity index (χ0v) is 23.7. The second-order valence-electron chi connectivity index (χ2n) is 13.9. The third kappa shape index (κ3) is 3.52. The van der Waals surface area contributed by atoms with Crippen LogP contribution in [0.1, 0.15) is 85.1 Å². The van der Waals surface area contributed by atoms with E-state index in [0.717, 1.165) is 41.5 Å². The van der Waals surface area contributed by atoms with Crippen LogP contribution in [0.4, 0.5) is 5.69 Å². The number of amides is 2. The van der Waals surface area contributed by atoms with Gasteiger partial charge in [-0.05, 0) is 95.7 Å². The van der Waals surface area contributed by atoms with Crippen molar-refractivity contribution in [3.05, 3.63) is 23.8 Å². The third-order valence-electron chi connectivity index (χ3n) is 11.4. The van der Waals surface area contributed by atoms with E-state index in [0.29, 0.717) is 32.0 Å². The standard InChI is InChI=1S/C30H42BN3O4/c1-19(35)32-12-10-30(11-13-32)25-9-7-21(31-37-28(2,3)29(4,5)38-31)15-26(25)34(27(30)36)24-16-23(17-24)33-18-20-6-8-22(33)14-20/h7,9,15,20,22-24H,6,8,10-14,16-18H2,1-5H3/t20-,22+,23?,24?/m0/s1. The average molecular weight is 519 g/mol. The van der Waals surface area contributed by atoms with Gasteiger partial charge in [0.25, 0.3) is 0 Å². The number of likely N-dealkylation sites (tertiary alicyclic amines) is 2. The molecular weight excluding hydrogens is 477 g/mol. The molecule has 7 nitrogen and oxygen atoms in total. The van der Waals surface area contributed by atoms with Crippen LogP contribution in [0.2, 0.25) is 0 Å². The molecule has 2 saturated carbocycles. The van der Waals surface area contributed by atoms with Gasteiger partial charge in [0, 0.05) is 50.4 Å². The van der Waals surface area contributed by atoms with Crippen molar-refractivity contribution in [1.29, 1.82) is 0 Å². The normalized spacial score (nSPS) is 34.8. The van der Waals surface area contributed by atoms with Gasteiger partial charge in [-0.1, -0.05) is 12.1 Å². The number of rotatable bonds is 3. The molecular formula is C30H42BN3O4. The van der Waals surface area contributed by atoms with E-state index in [1.807, 2.05) is 4.90 Å². The summed E-state index contributed by atoms with van der Waals surface area (Å²) in [5.74, 6) is 1.23. The minimum absolute atomic E-state index is 0.0974. The molecule has 2 atom stereocenters. The van der Waals surface area contributed by atoms with Crippen LogP contribution >= 0.6 is 0 Å². The van der Waals surface area contributed by atoms with E-state index in [2.05, 4.69) is 55.7 Å². The lowest BCUT2D eigenvalue weighted by Crippen LogP contribution is -2.59. The molecule has 0 N–H and O–H groups in total. The highest BCUT2D eigenvalue weighted by Gasteiger charge is 2.57. The van der Waals surface area contributed by atoms with Gasteiger partial charge in [0.1, 0.15) is 0 Å². The molecule has 0 unspecified atom stereocenters. The molecule has 2 aliphatic carbocycles. The second kappa shape index (κ2) is 8.31. The molecule has 3 saturated heterocycles. The SMILES string of the molecule is CC(=O)N1CCC2(CC1)C(=O)N(C1CC(N3C[C@H]4CC[C@@H]3C4)C1)c1cc(B3OC(C)(C)C(C)(C)O3)ccc12. The molecule has 0 aromatic heterocycles. The zero-order valence-electron chi connectivity index (χ0n) is 23.7. The highest BCUT2D eigenvalue weighted by Crippen LogP contribution is 2.52. The number of carbonyl (C=O) groups excluding carboxylic acids is 2. The monoisotopic (exact) mass is 519 g/mol. The van der Waals surface area contributed by atoms with E-state index in [4.69, 9.17) is 9.31 Å². The molecule has 4 heterocycles. The summed E-state index contributed by atoms with van der Waals surface area (Å²) in [6.45, 7) is 12.5. The number of fused-ring (bicyclic) bond motifs is 4. The highest BCUT2D eigenvalue weighted by molar-refractivity contribution is 6.62. The molecule has 4 aliphatic heterocycles. The summed E-state index contributed by atoms with van der Waals surface area (Å²) >= 11 is 0. The summed E-state index contributed by atoms with van der Waals surface area (Å²) in [5.41, 5.74) is 1.80.